The Kier molecular flexibility index (Phi) is 9.18. The van der Waals surface area contributed by atoms with Crippen molar-refractivity contribution in [2.24, 2.45) is 11.8 Å². The Morgan fingerprint density at radius 1 is 0.867 bits per heavy atom. The molecule has 1 heteroatoms. The highest BCUT2D eigenvalue weighted by atomic mass is 16.3. The monoisotopic (exact) mass is 214 g/mol. The molecule has 0 aliphatic carbocycles. The lowest BCUT2D eigenvalue weighted by molar-refractivity contribution is 0.154. The molecule has 0 heterocycles. The van der Waals surface area contributed by atoms with Gasteiger partial charge in [-0.15, -0.1) is 0 Å². The minimum absolute atomic E-state index is 0.0622. The van der Waals surface area contributed by atoms with Crippen molar-refractivity contribution in [3.05, 3.63) is 0 Å². The highest BCUT2D eigenvalue weighted by Crippen LogP contribution is 2.18. The van der Waals surface area contributed by atoms with Crippen LogP contribution in [0.1, 0.15) is 72.6 Å². The van der Waals surface area contributed by atoms with E-state index in [1.807, 2.05) is 0 Å². The Bertz CT molecular complexity index is 131. The van der Waals surface area contributed by atoms with Crippen LogP contribution in [0.25, 0.3) is 0 Å². The van der Waals surface area contributed by atoms with Crippen LogP contribution in [-0.4, -0.2) is 11.2 Å². The second-order valence-corrected chi connectivity index (χ2v) is 5.42. The zero-order chi connectivity index (χ0) is 11.7. The van der Waals surface area contributed by atoms with Crippen molar-refractivity contribution in [1.82, 2.24) is 0 Å². The molecule has 0 saturated heterocycles. The fraction of sp³-hybridized carbons (Fsp3) is 1.00. The minimum atomic E-state index is -0.0622. The van der Waals surface area contributed by atoms with Crippen molar-refractivity contribution >= 4 is 0 Å². The summed E-state index contributed by atoms with van der Waals surface area (Å²) < 4.78 is 0. The molecule has 0 rings (SSSR count). The van der Waals surface area contributed by atoms with E-state index in [9.17, 15) is 5.11 Å². The highest BCUT2D eigenvalue weighted by molar-refractivity contribution is 4.58. The molecule has 0 radical (unpaired) electrons. The maximum Gasteiger partial charge on any atom is 0.0537 e. The van der Waals surface area contributed by atoms with E-state index in [0.717, 1.165) is 24.7 Å². The first-order chi connectivity index (χ1) is 7.06. The molecular formula is C14H30O. The second kappa shape index (κ2) is 9.21. The van der Waals surface area contributed by atoms with Crippen molar-refractivity contribution in [3.63, 3.8) is 0 Å². The van der Waals surface area contributed by atoms with Gasteiger partial charge in [0.2, 0.25) is 0 Å². The van der Waals surface area contributed by atoms with E-state index in [2.05, 4.69) is 27.7 Å². The van der Waals surface area contributed by atoms with Gasteiger partial charge in [0.15, 0.2) is 0 Å². The van der Waals surface area contributed by atoms with E-state index in [-0.39, 0.29) is 6.10 Å². The van der Waals surface area contributed by atoms with Crippen LogP contribution >= 0.6 is 0 Å². The third-order valence-corrected chi connectivity index (χ3v) is 3.18. The van der Waals surface area contributed by atoms with Crippen molar-refractivity contribution in [2.75, 3.05) is 0 Å². The first-order valence-corrected chi connectivity index (χ1v) is 6.74. The molecule has 15 heavy (non-hydrogen) atoms. The highest BCUT2D eigenvalue weighted by Gasteiger charge is 2.05. The zero-order valence-corrected chi connectivity index (χ0v) is 11.1. The van der Waals surface area contributed by atoms with Crippen LogP contribution in [0.15, 0.2) is 0 Å². The van der Waals surface area contributed by atoms with Gasteiger partial charge in [-0.05, 0) is 24.7 Å². The molecule has 0 spiro atoms. The largest absolute Gasteiger partial charge is 0.393 e. The SMILES string of the molecule is CC[C@H](O)CCC[C@H](C)CCCC(C)C. The van der Waals surface area contributed by atoms with E-state index in [0.29, 0.717) is 0 Å². The summed E-state index contributed by atoms with van der Waals surface area (Å²) in [6, 6.07) is 0. The molecule has 2 atom stereocenters. The summed E-state index contributed by atoms with van der Waals surface area (Å²) in [5, 5.41) is 9.42. The first-order valence-electron chi connectivity index (χ1n) is 6.74. The molecule has 92 valence electrons. The van der Waals surface area contributed by atoms with E-state index in [4.69, 9.17) is 0 Å². The van der Waals surface area contributed by atoms with Gasteiger partial charge in [-0.25, -0.2) is 0 Å². The Morgan fingerprint density at radius 3 is 1.87 bits per heavy atom. The summed E-state index contributed by atoms with van der Waals surface area (Å²) in [5.74, 6) is 1.69. The van der Waals surface area contributed by atoms with Gasteiger partial charge in [-0.1, -0.05) is 59.8 Å². The molecule has 0 aliphatic heterocycles. The lowest BCUT2D eigenvalue weighted by Gasteiger charge is -2.13. The molecule has 0 bridgehead atoms. The van der Waals surface area contributed by atoms with Gasteiger partial charge in [0.1, 0.15) is 0 Å². The zero-order valence-electron chi connectivity index (χ0n) is 11.1. The molecule has 0 aromatic rings. The fourth-order valence-corrected chi connectivity index (χ4v) is 1.92. The van der Waals surface area contributed by atoms with E-state index < -0.39 is 0 Å². The number of aliphatic hydroxyl groups excluding tert-OH is 1. The molecule has 0 aliphatic rings. The predicted octanol–water partition coefficient (Wildman–Crippen LogP) is 4.39. The quantitative estimate of drug-likeness (QED) is 0.603. The Balaban J connectivity index is 3.29. The average molecular weight is 214 g/mol. The van der Waals surface area contributed by atoms with Crippen molar-refractivity contribution in [3.8, 4) is 0 Å². The van der Waals surface area contributed by atoms with E-state index in [1.165, 1.54) is 32.1 Å². The standard InChI is InChI=1S/C14H30O/c1-5-14(15)11-7-10-13(4)9-6-8-12(2)3/h12-15H,5-11H2,1-4H3/t13-,14+/m1/s1. The molecule has 0 amide bonds. The summed E-state index contributed by atoms with van der Waals surface area (Å²) in [4.78, 5) is 0. The normalized spacial score (nSPS) is 15.6. The van der Waals surface area contributed by atoms with Crippen LogP contribution in [0.4, 0.5) is 0 Å². The topological polar surface area (TPSA) is 20.2 Å². The van der Waals surface area contributed by atoms with Gasteiger partial charge in [0, 0.05) is 0 Å². The lowest BCUT2D eigenvalue weighted by atomic mass is 9.94. The van der Waals surface area contributed by atoms with Crippen LogP contribution in [0, 0.1) is 11.8 Å². The van der Waals surface area contributed by atoms with Crippen molar-refractivity contribution in [1.29, 1.82) is 0 Å². The second-order valence-electron chi connectivity index (χ2n) is 5.42. The van der Waals surface area contributed by atoms with Gasteiger partial charge >= 0.3 is 0 Å². The number of rotatable bonds is 9. The van der Waals surface area contributed by atoms with Gasteiger partial charge < -0.3 is 5.11 Å². The smallest absolute Gasteiger partial charge is 0.0537 e. The maximum atomic E-state index is 9.42. The molecule has 1 nitrogen and oxygen atoms in total. The lowest BCUT2D eigenvalue weighted by Crippen LogP contribution is -2.05. The Hall–Kier alpha value is -0.0400. The van der Waals surface area contributed by atoms with Crippen LogP contribution in [0.5, 0.6) is 0 Å². The van der Waals surface area contributed by atoms with Gasteiger partial charge in [-0.2, -0.15) is 0 Å². The maximum absolute atomic E-state index is 9.42. The van der Waals surface area contributed by atoms with E-state index in [1.54, 1.807) is 0 Å². The van der Waals surface area contributed by atoms with E-state index >= 15 is 0 Å². The third-order valence-electron chi connectivity index (χ3n) is 3.18. The fourth-order valence-electron chi connectivity index (χ4n) is 1.92. The van der Waals surface area contributed by atoms with Crippen molar-refractivity contribution < 1.29 is 5.11 Å². The predicted molar refractivity (Wildman–Crippen MR) is 68.0 cm³/mol. The molecule has 0 aromatic carbocycles. The van der Waals surface area contributed by atoms with Crippen LogP contribution in [-0.2, 0) is 0 Å². The summed E-state index contributed by atoms with van der Waals surface area (Å²) in [7, 11) is 0. The number of aliphatic hydroxyl groups is 1. The molecule has 0 aromatic heterocycles. The molecular weight excluding hydrogens is 184 g/mol. The van der Waals surface area contributed by atoms with Crippen LogP contribution in [0.2, 0.25) is 0 Å². The number of hydrogen-bond acceptors (Lipinski definition) is 1. The Labute approximate surface area is 96.3 Å². The molecule has 0 fully saturated rings. The molecule has 0 unspecified atom stereocenters. The van der Waals surface area contributed by atoms with Crippen LogP contribution in [0.3, 0.4) is 0 Å². The van der Waals surface area contributed by atoms with Crippen molar-refractivity contribution in [2.45, 2.75) is 78.7 Å². The van der Waals surface area contributed by atoms with Gasteiger partial charge in [-0.3, -0.25) is 0 Å². The summed E-state index contributed by atoms with van der Waals surface area (Å²) in [6.07, 6.45) is 8.41. The third kappa shape index (κ3) is 10.2. The molecule has 0 saturated carbocycles. The Morgan fingerprint density at radius 2 is 1.40 bits per heavy atom. The summed E-state index contributed by atoms with van der Waals surface area (Å²) >= 11 is 0. The average Bonchev–Trinajstić information content (AvgIpc) is 2.17. The summed E-state index contributed by atoms with van der Waals surface area (Å²) in [6.45, 7) is 8.99. The first kappa shape index (κ1) is 15.0. The summed E-state index contributed by atoms with van der Waals surface area (Å²) in [5.41, 5.74) is 0. The van der Waals surface area contributed by atoms with Gasteiger partial charge in [0.05, 0.1) is 6.10 Å². The minimum Gasteiger partial charge on any atom is -0.393 e. The van der Waals surface area contributed by atoms with Crippen LogP contribution < -0.4 is 0 Å². The number of hydrogen-bond donors (Lipinski definition) is 1. The van der Waals surface area contributed by atoms with Gasteiger partial charge in [0.25, 0.3) is 0 Å². The molecule has 1 N–H and O–H groups in total.